The summed E-state index contributed by atoms with van der Waals surface area (Å²) in [6, 6.07) is 8.40. The van der Waals surface area contributed by atoms with Gasteiger partial charge in [0.25, 0.3) is 0 Å². The van der Waals surface area contributed by atoms with E-state index in [2.05, 4.69) is 48.7 Å². The van der Waals surface area contributed by atoms with Gasteiger partial charge in [0.05, 0.1) is 0 Å². The molecule has 2 aliphatic rings. The molecule has 0 bridgehead atoms. The SMILES string of the molecule is CC1(C)CSCC(CN)(N2CCOc3ccccc3C2)C1. The highest BCUT2D eigenvalue weighted by Gasteiger charge is 2.44. The van der Waals surface area contributed by atoms with Crippen LogP contribution in [0.25, 0.3) is 0 Å². The maximum atomic E-state index is 6.27. The van der Waals surface area contributed by atoms with Crippen molar-refractivity contribution in [3.63, 3.8) is 0 Å². The molecular formula is C17H26N2OS. The van der Waals surface area contributed by atoms with Crippen LogP contribution >= 0.6 is 11.8 Å². The van der Waals surface area contributed by atoms with E-state index in [1.807, 2.05) is 6.07 Å². The van der Waals surface area contributed by atoms with Crippen molar-refractivity contribution in [2.24, 2.45) is 11.1 Å². The molecule has 1 fully saturated rings. The molecule has 4 heteroatoms. The van der Waals surface area contributed by atoms with E-state index in [0.29, 0.717) is 5.41 Å². The third-order valence-corrected chi connectivity index (χ3v) is 6.40. The zero-order valence-electron chi connectivity index (χ0n) is 13.1. The number of ether oxygens (including phenoxy) is 1. The Morgan fingerprint density at radius 3 is 2.86 bits per heavy atom. The van der Waals surface area contributed by atoms with Gasteiger partial charge in [0.1, 0.15) is 12.4 Å². The Kier molecular flexibility index (Phi) is 4.21. The van der Waals surface area contributed by atoms with Crippen LogP contribution in [0.15, 0.2) is 24.3 Å². The monoisotopic (exact) mass is 306 g/mol. The summed E-state index contributed by atoms with van der Waals surface area (Å²) in [5, 5.41) is 0. The lowest BCUT2D eigenvalue weighted by atomic mass is 9.78. The van der Waals surface area contributed by atoms with Gasteiger partial charge in [-0.2, -0.15) is 11.8 Å². The summed E-state index contributed by atoms with van der Waals surface area (Å²) in [5.74, 6) is 3.40. The lowest BCUT2D eigenvalue weighted by Gasteiger charge is -2.50. The highest BCUT2D eigenvalue weighted by atomic mass is 32.2. The molecule has 0 spiro atoms. The maximum absolute atomic E-state index is 6.27. The van der Waals surface area contributed by atoms with Crippen LogP contribution < -0.4 is 10.5 Å². The number of nitrogens with zero attached hydrogens (tertiary/aromatic N) is 1. The summed E-state index contributed by atoms with van der Waals surface area (Å²) in [5.41, 5.74) is 8.01. The minimum absolute atomic E-state index is 0.104. The second-order valence-electron chi connectivity index (χ2n) is 7.14. The van der Waals surface area contributed by atoms with Crippen molar-refractivity contribution in [1.82, 2.24) is 4.90 Å². The van der Waals surface area contributed by atoms with Gasteiger partial charge in [-0.25, -0.2) is 0 Å². The zero-order valence-corrected chi connectivity index (χ0v) is 13.9. The first-order valence-electron chi connectivity index (χ1n) is 7.78. The van der Waals surface area contributed by atoms with E-state index in [1.165, 1.54) is 17.7 Å². The lowest BCUT2D eigenvalue weighted by molar-refractivity contribution is 0.0565. The molecule has 0 saturated carbocycles. The van der Waals surface area contributed by atoms with Crippen molar-refractivity contribution in [2.45, 2.75) is 32.4 Å². The molecule has 3 nitrogen and oxygen atoms in total. The van der Waals surface area contributed by atoms with E-state index in [4.69, 9.17) is 10.5 Å². The molecule has 21 heavy (non-hydrogen) atoms. The number of benzene rings is 1. The second kappa shape index (κ2) is 5.82. The van der Waals surface area contributed by atoms with Gasteiger partial charge in [-0.15, -0.1) is 0 Å². The zero-order chi connectivity index (χ0) is 14.9. The number of rotatable bonds is 2. The normalized spacial score (nSPS) is 29.3. The average Bonchev–Trinajstić information content (AvgIpc) is 2.68. The van der Waals surface area contributed by atoms with Gasteiger partial charge in [-0.1, -0.05) is 32.0 Å². The van der Waals surface area contributed by atoms with Crippen LogP contribution in [0.1, 0.15) is 25.8 Å². The Bertz CT molecular complexity index is 505. The van der Waals surface area contributed by atoms with Gasteiger partial charge in [0, 0.05) is 36.5 Å². The first kappa shape index (κ1) is 15.2. The van der Waals surface area contributed by atoms with E-state index in [-0.39, 0.29) is 5.54 Å². The predicted octanol–water partition coefficient (Wildman–Crippen LogP) is 2.74. The molecule has 2 N–H and O–H groups in total. The van der Waals surface area contributed by atoms with Gasteiger partial charge in [0.15, 0.2) is 0 Å². The van der Waals surface area contributed by atoms with Crippen LogP contribution in [0.4, 0.5) is 0 Å². The van der Waals surface area contributed by atoms with Gasteiger partial charge in [-0.05, 0) is 23.7 Å². The Labute approximate surface area is 132 Å². The molecule has 3 rings (SSSR count). The van der Waals surface area contributed by atoms with Gasteiger partial charge in [0.2, 0.25) is 0 Å². The van der Waals surface area contributed by atoms with Crippen LogP contribution in [0.2, 0.25) is 0 Å². The van der Waals surface area contributed by atoms with Crippen molar-refractivity contribution < 1.29 is 4.74 Å². The van der Waals surface area contributed by atoms with Gasteiger partial charge >= 0.3 is 0 Å². The van der Waals surface area contributed by atoms with E-state index in [1.54, 1.807) is 0 Å². The topological polar surface area (TPSA) is 38.5 Å². The first-order valence-corrected chi connectivity index (χ1v) is 8.94. The predicted molar refractivity (Wildman–Crippen MR) is 89.9 cm³/mol. The second-order valence-corrected chi connectivity index (χ2v) is 8.13. The summed E-state index contributed by atoms with van der Waals surface area (Å²) >= 11 is 2.05. The van der Waals surface area contributed by atoms with Crippen LogP contribution in [-0.2, 0) is 6.54 Å². The Morgan fingerprint density at radius 1 is 1.29 bits per heavy atom. The molecule has 0 radical (unpaired) electrons. The summed E-state index contributed by atoms with van der Waals surface area (Å²) in [7, 11) is 0. The fourth-order valence-corrected chi connectivity index (χ4v) is 5.24. The summed E-state index contributed by atoms with van der Waals surface area (Å²) < 4.78 is 5.92. The fourth-order valence-electron chi connectivity index (χ4n) is 3.70. The smallest absolute Gasteiger partial charge is 0.123 e. The van der Waals surface area contributed by atoms with Crippen molar-refractivity contribution >= 4 is 11.8 Å². The first-order chi connectivity index (χ1) is 10.0. The summed E-state index contributed by atoms with van der Waals surface area (Å²) in [4.78, 5) is 2.58. The third kappa shape index (κ3) is 3.08. The standard InChI is InChI=1S/C17H26N2OS/c1-16(2)10-17(11-18,13-21-12-16)19-7-8-20-15-6-4-3-5-14(15)9-19/h3-6H,7-13,18H2,1-2H3. The Balaban J connectivity index is 1.87. The quantitative estimate of drug-likeness (QED) is 0.912. The lowest BCUT2D eigenvalue weighted by Crippen LogP contribution is -2.60. The molecule has 2 heterocycles. The molecule has 1 saturated heterocycles. The third-order valence-electron chi connectivity index (χ3n) is 4.67. The number of hydrogen-bond acceptors (Lipinski definition) is 4. The maximum Gasteiger partial charge on any atom is 0.123 e. The number of nitrogens with two attached hydrogens (primary N) is 1. The summed E-state index contributed by atoms with van der Waals surface area (Å²) in [6.45, 7) is 8.12. The van der Waals surface area contributed by atoms with Gasteiger partial charge < -0.3 is 10.5 Å². The van der Waals surface area contributed by atoms with Crippen LogP contribution in [0, 0.1) is 5.41 Å². The van der Waals surface area contributed by atoms with Crippen molar-refractivity contribution in [2.75, 3.05) is 31.2 Å². The van der Waals surface area contributed by atoms with Crippen LogP contribution in [0.3, 0.4) is 0 Å². The highest BCUT2D eigenvalue weighted by Crippen LogP contribution is 2.43. The average molecular weight is 306 g/mol. The molecule has 116 valence electrons. The van der Waals surface area contributed by atoms with Crippen molar-refractivity contribution in [1.29, 1.82) is 0 Å². The molecule has 2 aliphatic heterocycles. The fraction of sp³-hybridized carbons (Fsp3) is 0.647. The van der Waals surface area contributed by atoms with Crippen LogP contribution in [-0.4, -0.2) is 41.6 Å². The largest absolute Gasteiger partial charge is 0.492 e. The number of para-hydroxylation sites is 1. The molecule has 0 amide bonds. The minimum atomic E-state index is 0.104. The van der Waals surface area contributed by atoms with E-state index >= 15 is 0 Å². The van der Waals surface area contributed by atoms with Crippen molar-refractivity contribution in [3.05, 3.63) is 29.8 Å². The molecule has 1 atom stereocenters. The molecule has 1 aromatic rings. The molecule has 0 aliphatic carbocycles. The van der Waals surface area contributed by atoms with E-state index < -0.39 is 0 Å². The molecule has 1 aromatic carbocycles. The Morgan fingerprint density at radius 2 is 2.10 bits per heavy atom. The summed E-state index contributed by atoms with van der Waals surface area (Å²) in [6.07, 6.45) is 1.17. The van der Waals surface area contributed by atoms with Crippen LogP contribution in [0.5, 0.6) is 5.75 Å². The van der Waals surface area contributed by atoms with E-state index in [9.17, 15) is 0 Å². The molecule has 0 aromatic heterocycles. The number of fused-ring (bicyclic) bond motifs is 1. The van der Waals surface area contributed by atoms with Gasteiger partial charge in [-0.3, -0.25) is 4.90 Å². The Hall–Kier alpha value is -0.710. The number of thioether (sulfide) groups is 1. The highest BCUT2D eigenvalue weighted by molar-refractivity contribution is 7.99. The molecule has 1 unspecified atom stereocenters. The van der Waals surface area contributed by atoms with Crippen molar-refractivity contribution in [3.8, 4) is 5.75 Å². The van der Waals surface area contributed by atoms with E-state index in [0.717, 1.165) is 37.7 Å². The minimum Gasteiger partial charge on any atom is -0.492 e. The number of hydrogen-bond donors (Lipinski definition) is 1. The molecular weight excluding hydrogens is 280 g/mol.